The third-order valence-corrected chi connectivity index (χ3v) is 3.65. The van der Waals surface area contributed by atoms with E-state index in [1.54, 1.807) is 7.11 Å². The van der Waals surface area contributed by atoms with Crippen molar-refractivity contribution in [1.29, 1.82) is 0 Å². The second-order valence-electron chi connectivity index (χ2n) is 4.83. The fourth-order valence-corrected chi connectivity index (χ4v) is 2.22. The lowest BCUT2D eigenvalue weighted by atomic mass is 10.1. The molecule has 1 atom stereocenters. The largest absolute Gasteiger partial charge is 0.497 e. The van der Waals surface area contributed by atoms with Crippen LogP contribution in [-0.4, -0.2) is 13.7 Å². The summed E-state index contributed by atoms with van der Waals surface area (Å²) in [7, 11) is 1.68. The molecular formula is C17H20ClNO. The van der Waals surface area contributed by atoms with Gasteiger partial charge in [0.1, 0.15) is 5.75 Å². The summed E-state index contributed by atoms with van der Waals surface area (Å²) in [4.78, 5) is 0. The first-order valence-electron chi connectivity index (χ1n) is 6.81. The second-order valence-corrected chi connectivity index (χ2v) is 5.26. The summed E-state index contributed by atoms with van der Waals surface area (Å²) in [6.45, 7) is 3.10. The van der Waals surface area contributed by atoms with Gasteiger partial charge in [0.2, 0.25) is 0 Å². The summed E-state index contributed by atoms with van der Waals surface area (Å²) in [5.74, 6) is 0.899. The second kappa shape index (κ2) is 7.32. The molecule has 0 heterocycles. The van der Waals surface area contributed by atoms with Gasteiger partial charge in [-0.2, -0.15) is 0 Å². The van der Waals surface area contributed by atoms with Crippen molar-refractivity contribution in [3.8, 4) is 5.75 Å². The molecule has 0 fully saturated rings. The zero-order valence-corrected chi connectivity index (χ0v) is 12.7. The van der Waals surface area contributed by atoms with E-state index in [4.69, 9.17) is 16.3 Å². The number of hydrogen-bond acceptors (Lipinski definition) is 2. The summed E-state index contributed by atoms with van der Waals surface area (Å²) in [5.41, 5.74) is 2.56. The Balaban J connectivity index is 1.81. The number of nitrogens with one attached hydrogen (secondary N) is 1. The maximum Gasteiger partial charge on any atom is 0.118 e. The molecule has 106 valence electrons. The van der Waals surface area contributed by atoms with Crippen LogP contribution in [0.4, 0.5) is 0 Å². The van der Waals surface area contributed by atoms with E-state index in [9.17, 15) is 0 Å². The van der Waals surface area contributed by atoms with Crippen LogP contribution in [0.25, 0.3) is 0 Å². The Labute approximate surface area is 125 Å². The third kappa shape index (κ3) is 4.26. The van der Waals surface area contributed by atoms with E-state index in [0.717, 1.165) is 23.7 Å². The number of rotatable bonds is 6. The first kappa shape index (κ1) is 14.9. The van der Waals surface area contributed by atoms with Crippen LogP contribution in [-0.2, 0) is 6.42 Å². The van der Waals surface area contributed by atoms with Crippen LogP contribution in [0, 0.1) is 0 Å². The quantitative estimate of drug-likeness (QED) is 0.859. The standard InChI is InChI=1S/C17H20ClNO/c1-13(15-5-7-16(18)8-6-15)19-12-11-14-3-9-17(20-2)10-4-14/h3-10,13,19H,11-12H2,1-2H3. The van der Waals surface area contributed by atoms with Crippen molar-refractivity contribution in [2.24, 2.45) is 0 Å². The average Bonchev–Trinajstić information content (AvgIpc) is 2.48. The molecule has 0 aliphatic heterocycles. The monoisotopic (exact) mass is 289 g/mol. The van der Waals surface area contributed by atoms with Crippen LogP contribution in [0.15, 0.2) is 48.5 Å². The van der Waals surface area contributed by atoms with Gasteiger partial charge in [-0.25, -0.2) is 0 Å². The van der Waals surface area contributed by atoms with Gasteiger partial charge < -0.3 is 10.1 Å². The zero-order chi connectivity index (χ0) is 14.4. The van der Waals surface area contributed by atoms with Gasteiger partial charge in [-0.15, -0.1) is 0 Å². The van der Waals surface area contributed by atoms with Gasteiger partial charge in [-0.1, -0.05) is 35.9 Å². The molecule has 2 aromatic rings. The lowest BCUT2D eigenvalue weighted by Gasteiger charge is -2.14. The Morgan fingerprint density at radius 2 is 1.70 bits per heavy atom. The van der Waals surface area contributed by atoms with Crippen LogP contribution in [0.3, 0.4) is 0 Å². The minimum atomic E-state index is 0.325. The van der Waals surface area contributed by atoms with E-state index < -0.39 is 0 Å². The molecule has 0 bridgehead atoms. The van der Waals surface area contributed by atoms with Crippen LogP contribution in [0.2, 0.25) is 5.02 Å². The van der Waals surface area contributed by atoms with Gasteiger partial charge in [0, 0.05) is 11.1 Å². The fourth-order valence-electron chi connectivity index (χ4n) is 2.09. The van der Waals surface area contributed by atoms with E-state index in [1.165, 1.54) is 11.1 Å². The molecule has 1 N–H and O–H groups in total. The van der Waals surface area contributed by atoms with E-state index in [1.807, 2.05) is 24.3 Å². The van der Waals surface area contributed by atoms with Crippen molar-refractivity contribution in [3.05, 3.63) is 64.7 Å². The topological polar surface area (TPSA) is 21.3 Å². The molecular weight excluding hydrogens is 270 g/mol. The third-order valence-electron chi connectivity index (χ3n) is 3.39. The van der Waals surface area contributed by atoms with Crippen molar-refractivity contribution in [3.63, 3.8) is 0 Å². The minimum Gasteiger partial charge on any atom is -0.497 e. The van der Waals surface area contributed by atoms with Gasteiger partial charge >= 0.3 is 0 Å². The molecule has 0 aromatic heterocycles. The Hall–Kier alpha value is -1.51. The van der Waals surface area contributed by atoms with Crippen molar-refractivity contribution < 1.29 is 4.74 Å². The van der Waals surface area contributed by atoms with Crippen LogP contribution in [0.1, 0.15) is 24.1 Å². The molecule has 0 saturated heterocycles. The van der Waals surface area contributed by atoms with Crippen molar-refractivity contribution in [2.45, 2.75) is 19.4 Å². The van der Waals surface area contributed by atoms with E-state index >= 15 is 0 Å². The normalized spacial score (nSPS) is 12.2. The smallest absolute Gasteiger partial charge is 0.118 e. The Morgan fingerprint density at radius 3 is 2.30 bits per heavy atom. The van der Waals surface area contributed by atoms with Gasteiger partial charge in [-0.05, 0) is 55.3 Å². The zero-order valence-electron chi connectivity index (χ0n) is 11.9. The fraction of sp³-hybridized carbons (Fsp3) is 0.294. The summed E-state index contributed by atoms with van der Waals surface area (Å²) < 4.78 is 5.15. The highest BCUT2D eigenvalue weighted by Crippen LogP contribution is 2.16. The van der Waals surface area contributed by atoms with Crippen LogP contribution >= 0.6 is 11.6 Å². The molecule has 1 unspecified atom stereocenters. The maximum atomic E-state index is 5.89. The summed E-state index contributed by atoms with van der Waals surface area (Å²) in [5, 5.41) is 4.30. The van der Waals surface area contributed by atoms with Crippen LogP contribution < -0.4 is 10.1 Å². The molecule has 3 heteroatoms. The Morgan fingerprint density at radius 1 is 1.05 bits per heavy atom. The predicted octanol–water partition coefficient (Wildman–Crippen LogP) is 4.24. The SMILES string of the molecule is COc1ccc(CCNC(C)c2ccc(Cl)cc2)cc1. The van der Waals surface area contributed by atoms with E-state index in [0.29, 0.717) is 6.04 Å². The van der Waals surface area contributed by atoms with E-state index in [2.05, 4.69) is 36.5 Å². The molecule has 2 rings (SSSR count). The van der Waals surface area contributed by atoms with E-state index in [-0.39, 0.29) is 0 Å². The summed E-state index contributed by atoms with van der Waals surface area (Å²) in [6.07, 6.45) is 1.00. The number of benzene rings is 2. The molecule has 0 saturated carbocycles. The highest BCUT2D eigenvalue weighted by atomic mass is 35.5. The Bertz CT molecular complexity index is 522. The number of ether oxygens (including phenoxy) is 1. The summed E-state index contributed by atoms with van der Waals surface area (Å²) in [6, 6.07) is 16.5. The molecule has 2 nitrogen and oxygen atoms in total. The van der Waals surface area contributed by atoms with Crippen molar-refractivity contribution >= 4 is 11.6 Å². The molecule has 0 amide bonds. The van der Waals surface area contributed by atoms with Gasteiger partial charge in [-0.3, -0.25) is 0 Å². The number of methoxy groups -OCH3 is 1. The highest BCUT2D eigenvalue weighted by Gasteiger charge is 2.04. The molecule has 0 radical (unpaired) electrons. The molecule has 2 aromatic carbocycles. The minimum absolute atomic E-state index is 0.325. The number of halogens is 1. The van der Waals surface area contributed by atoms with Crippen molar-refractivity contribution in [2.75, 3.05) is 13.7 Å². The van der Waals surface area contributed by atoms with Crippen LogP contribution in [0.5, 0.6) is 5.75 Å². The number of hydrogen-bond donors (Lipinski definition) is 1. The highest BCUT2D eigenvalue weighted by molar-refractivity contribution is 6.30. The predicted molar refractivity (Wildman–Crippen MR) is 84.6 cm³/mol. The van der Waals surface area contributed by atoms with Gasteiger partial charge in [0.05, 0.1) is 7.11 Å². The lowest BCUT2D eigenvalue weighted by molar-refractivity contribution is 0.414. The molecule has 0 spiro atoms. The molecule has 0 aliphatic carbocycles. The molecule has 0 aliphatic rings. The van der Waals surface area contributed by atoms with Crippen molar-refractivity contribution in [1.82, 2.24) is 5.32 Å². The lowest BCUT2D eigenvalue weighted by Crippen LogP contribution is -2.21. The Kier molecular flexibility index (Phi) is 5.45. The van der Waals surface area contributed by atoms with Gasteiger partial charge in [0.25, 0.3) is 0 Å². The molecule has 20 heavy (non-hydrogen) atoms. The first-order valence-corrected chi connectivity index (χ1v) is 7.18. The van der Waals surface area contributed by atoms with Gasteiger partial charge in [0.15, 0.2) is 0 Å². The first-order chi connectivity index (χ1) is 9.69. The average molecular weight is 290 g/mol. The summed E-state index contributed by atoms with van der Waals surface area (Å²) >= 11 is 5.89. The maximum absolute atomic E-state index is 5.89.